The second-order valence-electron chi connectivity index (χ2n) is 12.3. The number of nitrogens with zero attached hydrogens (tertiary/aromatic N) is 2. The van der Waals surface area contributed by atoms with E-state index < -0.39 is 0 Å². The highest BCUT2D eigenvalue weighted by Gasteiger charge is 2.18. The van der Waals surface area contributed by atoms with Crippen molar-refractivity contribution in [3.63, 3.8) is 0 Å². The van der Waals surface area contributed by atoms with Gasteiger partial charge < -0.3 is 9.47 Å². The Hall–Kier alpha value is -6.64. The Morgan fingerprint density at radius 1 is 0.380 bits per heavy atom. The number of fused-ring (bicyclic) bond motifs is 3. The molecule has 2 heteroatoms. The van der Waals surface area contributed by atoms with Crippen LogP contribution >= 0.6 is 0 Å². The van der Waals surface area contributed by atoms with E-state index in [1.807, 2.05) is 138 Å². The van der Waals surface area contributed by atoms with Gasteiger partial charge in [-0.1, -0.05) is 146 Å². The minimum Gasteiger partial charge on any atom is -0.310 e. The average Bonchev–Trinajstić information content (AvgIpc) is 3.56. The van der Waals surface area contributed by atoms with Crippen molar-refractivity contribution in [1.29, 1.82) is 0 Å². The highest BCUT2D eigenvalue weighted by atomic mass is 15.1. The summed E-state index contributed by atoms with van der Waals surface area (Å²) in [5, 5.41) is 2.01. The van der Waals surface area contributed by atoms with Gasteiger partial charge in [0.2, 0.25) is 0 Å². The molecule has 0 aliphatic rings. The van der Waals surface area contributed by atoms with Crippen LogP contribution in [0.1, 0.15) is 5.48 Å². The molecule has 0 fully saturated rings. The van der Waals surface area contributed by atoms with E-state index >= 15 is 0 Å². The fourth-order valence-corrected chi connectivity index (χ4v) is 6.92. The Balaban J connectivity index is 1.22. The van der Waals surface area contributed by atoms with Gasteiger partial charge in [-0.25, -0.2) is 0 Å². The van der Waals surface area contributed by atoms with Gasteiger partial charge in [-0.2, -0.15) is 0 Å². The van der Waals surface area contributed by atoms with Crippen LogP contribution in [0.25, 0.3) is 60.9 Å². The van der Waals surface area contributed by atoms with Crippen LogP contribution in [0, 0.1) is 0 Å². The van der Waals surface area contributed by atoms with E-state index in [-0.39, 0.29) is 35.4 Å². The second-order valence-corrected chi connectivity index (χ2v) is 12.3. The summed E-state index contributed by atoms with van der Waals surface area (Å²) in [6.07, 6.45) is 0. The van der Waals surface area contributed by atoms with Crippen molar-refractivity contribution in [3.8, 4) is 39.1 Å². The molecule has 0 atom stereocenters. The third kappa shape index (κ3) is 5.34. The molecule has 0 aliphatic heterocycles. The van der Waals surface area contributed by atoms with Crippen LogP contribution in [0.3, 0.4) is 0 Å². The minimum absolute atomic E-state index is 0.0947. The zero-order valence-corrected chi connectivity index (χ0v) is 27.2. The molecule has 1 heterocycles. The van der Waals surface area contributed by atoms with Crippen molar-refractivity contribution >= 4 is 38.9 Å². The minimum atomic E-state index is -0.113. The molecule has 0 amide bonds. The first-order chi connectivity index (χ1) is 26.5. The maximum atomic E-state index is 9.49. The maximum absolute atomic E-state index is 9.49. The summed E-state index contributed by atoms with van der Waals surface area (Å²) in [7, 11) is 0. The first-order valence-corrected chi connectivity index (χ1v) is 16.8. The molecule has 0 N–H and O–H groups in total. The molecule has 0 spiro atoms. The molecule has 9 rings (SSSR count). The van der Waals surface area contributed by atoms with Crippen molar-refractivity contribution in [3.05, 3.63) is 206 Å². The molecule has 0 unspecified atom stereocenters. The highest BCUT2D eigenvalue weighted by molar-refractivity contribution is 6.10. The molecular weight excluding hydrogens is 605 g/mol. The number of benzene rings is 8. The molecular formula is C48H34N2. The number of hydrogen-bond donors (Lipinski definition) is 0. The third-order valence-corrected chi connectivity index (χ3v) is 9.25. The first kappa shape index (κ1) is 25.4. The largest absolute Gasteiger partial charge is 0.310 e. The average molecular weight is 643 g/mol. The van der Waals surface area contributed by atoms with E-state index in [1.165, 1.54) is 0 Å². The van der Waals surface area contributed by atoms with Crippen LogP contribution in [0.4, 0.5) is 17.1 Å². The zero-order valence-electron chi connectivity index (χ0n) is 31.2. The van der Waals surface area contributed by atoms with Crippen LogP contribution in [-0.4, -0.2) is 4.57 Å². The standard InChI is InChI=1S/C48H34N2/c1-4-15-35(16-5-1)38-19-14-22-42(33-38)50-47-26-13-11-24-44(47)45-34-39(29-32-48(45)50)36-27-30-41(31-28-36)49(40-20-8-3-9-21-40)46-25-12-10-23-43(46)37-17-6-2-7-18-37/h1-34H/i27D,28D,30D,31D. The Kier molecular flexibility index (Phi) is 6.48. The molecule has 2 nitrogen and oxygen atoms in total. The summed E-state index contributed by atoms with van der Waals surface area (Å²) in [5.41, 5.74) is 9.81. The van der Waals surface area contributed by atoms with Gasteiger partial charge in [-0.3, -0.25) is 0 Å². The molecule has 8 aromatic carbocycles. The van der Waals surface area contributed by atoms with Crippen molar-refractivity contribution in [1.82, 2.24) is 4.57 Å². The molecule has 236 valence electrons. The molecule has 9 aromatic rings. The van der Waals surface area contributed by atoms with Gasteiger partial charge in [-0.05, 0) is 88.4 Å². The van der Waals surface area contributed by atoms with Gasteiger partial charge in [0.1, 0.15) is 0 Å². The lowest BCUT2D eigenvalue weighted by atomic mass is 10.0. The van der Waals surface area contributed by atoms with Crippen LogP contribution in [0.15, 0.2) is 206 Å². The Labute approximate surface area is 298 Å². The Bertz CT molecular complexity index is 2790. The lowest BCUT2D eigenvalue weighted by Crippen LogP contribution is -2.11. The number of anilines is 3. The van der Waals surface area contributed by atoms with E-state index in [9.17, 15) is 5.48 Å². The summed E-state index contributed by atoms with van der Waals surface area (Å²) in [6.45, 7) is 0. The van der Waals surface area contributed by atoms with Crippen LogP contribution in [0.5, 0.6) is 0 Å². The smallest absolute Gasteiger partial charge is 0.0645 e. The lowest BCUT2D eigenvalue weighted by Gasteiger charge is -2.28. The third-order valence-electron chi connectivity index (χ3n) is 9.25. The predicted octanol–water partition coefficient (Wildman–Crippen LogP) is 13.3. The van der Waals surface area contributed by atoms with Gasteiger partial charge in [0.05, 0.1) is 22.2 Å². The van der Waals surface area contributed by atoms with Gasteiger partial charge >= 0.3 is 0 Å². The normalized spacial score (nSPS) is 12.3. The Morgan fingerprint density at radius 3 is 1.76 bits per heavy atom. The van der Waals surface area contributed by atoms with Crippen molar-refractivity contribution in [2.75, 3.05) is 4.90 Å². The number of hydrogen-bond acceptors (Lipinski definition) is 1. The molecule has 0 saturated heterocycles. The van der Waals surface area contributed by atoms with Crippen molar-refractivity contribution < 1.29 is 5.48 Å². The SMILES string of the molecule is [2H]c1c([2H])c(N(c2ccccc2)c2ccccc2-c2ccccc2)c([2H])c([2H])c1-c1ccc2c(c1)c1ccccc1n2-c1cccc(-c2ccccc2)c1. The predicted molar refractivity (Wildman–Crippen MR) is 212 cm³/mol. The molecule has 0 radical (unpaired) electrons. The Morgan fingerprint density at radius 2 is 0.980 bits per heavy atom. The maximum Gasteiger partial charge on any atom is 0.0645 e. The van der Waals surface area contributed by atoms with Crippen molar-refractivity contribution in [2.45, 2.75) is 0 Å². The van der Waals surface area contributed by atoms with Gasteiger partial charge in [0.15, 0.2) is 0 Å². The summed E-state index contributed by atoms with van der Waals surface area (Å²) in [6, 6.07) is 60.2. The molecule has 50 heavy (non-hydrogen) atoms. The first-order valence-electron chi connectivity index (χ1n) is 18.8. The molecule has 0 bridgehead atoms. The quantitative estimate of drug-likeness (QED) is 0.168. The molecule has 0 saturated carbocycles. The van der Waals surface area contributed by atoms with Gasteiger partial charge in [-0.15, -0.1) is 0 Å². The van der Waals surface area contributed by atoms with E-state index in [2.05, 4.69) is 53.1 Å². The van der Waals surface area contributed by atoms with Gasteiger partial charge in [0, 0.05) is 33.4 Å². The summed E-state index contributed by atoms with van der Waals surface area (Å²) >= 11 is 0. The van der Waals surface area contributed by atoms with E-state index in [1.54, 1.807) is 0 Å². The fourth-order valence-electron chi connectivity index (χ4n) is 6.92. The van der Waals surface area contributed by atoms with Crippen LogP contribution in [0.2, 0.25) is 0 Å². The second kappa shape index (κ2) is 12.8. The number of aromatic nitrogens is 1. The monoisotopic (exact) mass is 642 g/mol. The van der Waals surface area contributed by atoms with Crippen LogP contribution < -0.4 is 4.90 Å². The fraction of sp³-hybridized carbons (Fsp3) is 0. The number of para-hydroxylation sites is 3. The lowest BCUT2D eigenvalue weighted by molar-refractivity contribution is 1.18. The van der Waals surface area contributed by atoms with E-state index in [4.69, 9.17) is 0 Å². The summed E-state index contributed by atoms with van der Waals surface area (Å²) in [4.78, 5) is 1.85. The zero-order chi connectivity index (χ0) is 36.8. The van der Waals surface area contributed by atoms with Crippen LogP contribution in [-0.2, 0) is 0 Å². The molecule has 1 aromatic heterocycles. The van der Waals surface area contributed by atoms with E-state index in [0.717, 1.165) is 61.1 Å². The molecule has 0 aliphatic carbocycles. The summed E-state index contributed by atoms with van der Waals surface area (Å²) < 4.78 is 40.1. The van der Waals surface area contributed by atoms with Crippen molar-refractivity contribution in [2.24, 2.45) is 0 Å². The number of rotatable bonds is 7. The highest BCUT2D eigenvalue weighted by Crippen LogP contribution is 2.42. The van der Waals surface area contributed by atoms with Gasteiger partial charge in [0.25, 0.3) is 0 Å². The topological polar surface area (TPSA) is 8.17 Å². The summed E-state index contributed by atoms with van der Waals surface area (Å²) in [5.74, 6) is 0. The van der Waals surface area contributed by atoms with E-state index in [0.29, 0.717) is 5.56 Å².